The van der Waals surface area contributed by atoms with Crippen molar-refractivity contribution in [2.45, 2.75) is 76.7 Å². The topological polar surface area (TPSA) is 104 Å². The molecular weight excluding hydrogens is 584 g/mol. The molecule has 0 aromatic heterocycles. The number of hydrogen-bond donors (Lipinski definition) is 3. The van der Waals surface area contributed by atoms with Crippen molar-refractivity contribution >= 4 is 11.8 Å². The summed E-state index contributed by atoms with van der Waals surface area (Å²) in [5, 5.41) is 26.8. The van der Waals surface area contributed by atoms with Gasteiger partial charge in [-0.05, 0) is 59.8 Å². The molecule has 5 rings (SSSR count). The third-order valence-electron chi connectivity index (χ3n) is 9.75. The van der Waals surface area contributed by atoms with Gasteiger partial charge in [-0.25, -0.2) is 0 Å². The number of primary amides is 1. The lowest BCUT2D eigenvalue weighted by Crippen LogP contribution is -2.65. The summed E-state index contributed by atoms with van der Waals surface area (Å²) in [7, 11) is 0. The molecule has 1 saturated carbocycles. The first-order valence-electron chi connectivity index (χ1n) is 16.8. The Balaban J connectivity index is 1.88. The van der Waals surface area contributed by atoms with Gasteiger partial charge in [0, 0.05) is 0 Å². The third kappa shape index (κ3) is 6.50. The van der Waals surface area contributed by atoms with Gasteiger partial charge in [0.2, 0.25) is 11.8 Å². The van der Waals surface area contributed by atoms with E-state index in [9.17, 15) is 15.0 Å². The number of hydrogen-bond acceptors (Lipinski definition) is 4. The van der Waals surface area contributed by atoms with E-state index < -0.39 is 40.5 Å². The van der Waals surface area contributed by atoms with Crippen LogP contribution in [0.4, 0.5) is 0 Å². The van der Waals surface area contributed by atoms with Crippen LogP contribution in [0.15, 0.2) is 121 Å². The number of aliphatic hydroxyl groups is 2. The highest BCUT2D eigenvalue weighted by atomic mass is 16.3. The molecule has 0 bridgehead atoms. The van der Waals surface area contributed by atoms with Crippen LogP contribution in [-0.4, -0.2) is 39.0 Å². The molecule has 1 fully saturated rings. The van der Waals surface area contributed by atoms with Crippen molar-refractivity contribution in [2.75, 3.05) is 0 Å². The first-order chi connectivity index (χ1) is 22.5. The zero-order valence-electron chi connectivity index (χ0n) is 27.9. The fourth-order valence-corrected chi connectivity index (χ4v) is 7.17. The maximum Gasteiger partial charge on any atom is 0.239 e. The quantitative estimate of drug-likeness (QED) is 0.133. The highest BCUT2D eigenvalue weighted by molar-refractivity contribution is 6.07. The van der Waals surface area contributed by atoms with Crippen LogP contribution >= 0.6 is 0 Å². The number of carbonyl (C=O) groups excluding carboxylic acids is 2. The van der Waals surface area contributed by atoms with Gasteiger partial charge in [-0.15, -0.1) is 0 Å². The second-order valence-electron chi connectivity index (χ2n) is 13.9. The molecule has 0 aliphatic heterocycles. The van der Waals surface area contributed by atoms with Gasteiger partial charge in [-0.1, -0.05) is 149 Å². The summed E-state index contributed by atoms with van der Waals surface area (Å²) < 4.78 is 0. The van der Waals surface area contributed by atoms with Gasteiger partial charge in [0.15, 0.2) is 0 Å². The van der Waals surface area contributed by atoms with Gasteiger partial charge in [0.1, 0.15) is 16.6 Å². The highest BCUT2D eigenvalue weighted by Gasteiger charge is 2.62. The largest absolute Gasteiger partial charge is 0.378 e. The average molecular weight is 633 g/mol. The molecule has 6 heteroatoms. The van der Waals surface area contributed by atoms with E-state index in [0.717, 1.165) is 0 Å². The number of rotatable bonds is 14. The Morgan fingerprint density at radius 2 is 0.894 bits per heavy atom. The Kier molecular flexibility index (Phi) is 10.0. The summed E-state index contributed by atoms with van der Waals surface area (Å²) in [4.78, 5) is 30.2. The zero-order chi connectivity index (χ0) is 33.8. The molecule has 2 unspecified atom stereocenters. The molecule has 0 heterocycles. The maximum absolute atomic E-state index is 15.3. The minimum atomic E-state index is -1.71. The number of benzene rings is 4. The SMILES string of the molecule is CC(C)CC(N(C(=O)C1(C(N)=O)CC1)C(CC(C)C)C(O)(c1ccccc1)c1ccccc1)C(O)(c1ccccc1)c1ccccc1. The Morgan fingerprint density at radius 1 is 0.617 bits per heavy atom. The molecule has 0 saturated heterocycles. The van der Waals surface area contributed by atoms with E-state index in [1.165, 1.54) is 0 Å². The number of nitrogens with zero attached hydrogens (tertiary/aromatic N) is 1. The van der Waals surface area contributed by atoms with Crippen molar-refractivity contribution in [3.63, 3.8) is 0 Å². The van der Waals surface area contributed by atoms with Crippen LogP contribution in [0.5, 0.6) is 0 Å². The highest BCUT2D eigenvalue weighted by Crippen LogP contribution is 2.52. The van der Waals surface area contributed by atoms with Crippen molar-refractivity contribution in [3.8, 4) is 0 Å². The van der Waals surface area contributed by atoms with Crippen molar-refractivity contribution in [1.29, 1.82) is 0 Å². The van der Waals surface area contributed by atoms with Gasteiger partial charge in [0.05, 0.1) is 12.1 Å². The van der Waals surface area contributed by atoms with Crippen molar-refractivity contribution in [2.24, 2.45) is 23.0 Å². The lowest BCUT2D eigenvalue weighted by molar-refractivity contribution is -0.163. The average Bonchev–Trinajstić information content (AvgIpc) is 3.91. The van der Waals surface area contributed by atoms with E-state index in [1.807, 2.05) is 121 Å². The molecule has 6 nitrogen and oxygen atoms in total. The van der Waals surface area contributed by atoms with Crippen molar-refractivity contribution in [1.82, 2.24) is 4.90 Å². The fraction of sp³-hybridized carbons (Fsp3) is 0.366. The van der Waals surface area contributed by atoms with E-state index in [-0.39, 0.29) is 11.8 Å². The molecule has 4 aromatic carbocycles. The van der Waals surface area contributed by atoms with Gasteiger partial charge in [-0.3, -0.25) is 9.59 Å². The Bertz CT molecular complexity index is 1440. The molecule has 0 radical (unpaired) electrons. The van der Waals surface area contributed by atoms with Crippen LogP contribution in [0, 0.1) is 17.3 Å². The predicted molar refractivity (Wildman–Crippen MR) is 186 cm³/mol. The lowest BCUT2D eigenvalue weighted by atomic mass is 9.71. The second kappa shape index (κ2) is 13.8. The van der Waals surface area contributed by atoms with E-state index in [2.05, 4.69) is 27.7 Å². The van der Waals surface area contributed by atoms with Crippen molar-refractivity contribution < 1.29 is 19.8 Å². The smallest absolute Gasteiger partial charge is 0.239 e. The third-order valence-corrected chi connectivity index (χ3v) is 9.75. The molecule has 0 spiro atoms. The monoisotopic (exact) mass is 632 g/mol. The van der Waals surface area contributed by atoms with E-state index in [1.54, 1.807) is 4.90 Å². The zero-order valence-corrected chi connectivity index (χ0v) is 27.9. The summed E-state index contributed by atoms with van der Waals surface area (Å²) in [6, 6.07) is 35.8. The molecule has 2 amide bonds. The normalized spacial score (nSPS) is 15.7. The van der Waals surface area contributed by atoms with Gasteiger partial charge >= 0.3 is 0 Å². The molecular formula is C41H48N2O4. The van der Waals surface area contributed by atoms with Crippen LogP contribution < -0.4 is 5.73 Å². The first kappa shape index (κ1) is 34.1. The van der Waals surface area contributed by atoms with Gasteiger partial charge < -0.3 is 20.8 Å². The number of carbonyl (C=O) groups is 2. The lowest BCUT2D eigenvalue weighted by Gasteiger charge is -2.53. The van der Waals surface area contributed by atoms with E-state index in [0.29, 0.717) is 47.9 Å². The fourth-order valence-electron chi connectivity index (χ4n) is 7.17. The van der Waals surface area contributed by atoms with Crippen molar-refractivity contribution in [3.05, 3.63) is 144 Å². The molecule has 246 valence electrons. The van der Waals surface area contributed by atoms with Crippen LogP contribution in [0.1, 0.15) is 75.6 Å². The van der Waals surface area contributed by atoms with E-state index >= 15 is 4.79 Å². The van der Waals surface area contributed by atoms with E-state index in [4.69, 9.17) is 5.73 Å². The first-order valence-corrected chi connectivity index (χ1v) is 16.8. The molecule has 1 aliphatic carbocycles. The Labute approximate surface area is 279 Å². The summed E-state index contributed by atoms with van der Waals surface area (Å²) in [5.41, 5.74) is 3.66. The molecule has 4 N–H and O–H groups in total. The minimum Gasteiger partial charge on any atom is -0.378 e. The maximum atomic E-state index is 15.3. The summed E-state index contributed by atoms with van der Waals surface area (Å²) in [6.45, 7) is 8.24. The molecule has 4 aromatic rings. The summed E-state index contributed by atoms with van der Waals surface area (Å²) in [6.07, 6.45) is 1.42. The standard InChI is InChI=1S/C41H48N2O4/c1-29(2)27-35(40(46,31-17-9-5-10-18-31)32-19-11-6-12-20-32)43(38(45)39(25-26-39)37(42)44)36(28-30(3)4)41(47,33-21-13-7-14-22-33)34-23-15-8-16-24-34/h5-24,29-30,35-36,46-47H,25-28H2,1-4H3,(H2,42,44). The minimum absolute atomic E-state index is 0.0271. The van der Waals surface area contributed by atoms with Gasteiger partial charge in [-0.2, -0.15) is 0 Å². The van der Waals surface area contributed by atoms with Crippen LogP contribution in [-0.2, 0) is 20.8 Å². The Morgan fingerprint density at radius 3 is 1.11 bits per heavy atom. The summed E-state index contributed by atoms with van der Waals surface area (Å²) in [5.74, 6) is -1.07. The van der Waals surface area contributed by atoms with Crippen LogP contribution in [0.25, 0.3) is 0 Å². The number of nitrogens with two attached hydrogens (primary N) is 1. The summed E-state index contributed by atoms with van der Waals surface area (Å²) >= 11 is 0. The van der Waals surface area contributed by atoms with Crippen LogP contribution in [0.3, 0.4) is 0 Å². The predicted octanol–water partition coefficient (Wildman–Crippen LogP) is 6.78. The molecule has 1 aliphatic rings. The molecule has 2 atom stereocenters. The van der Waals surface area contributed by atoms with Gasteiger partial charge in [0.25, 0.3) is 0 Å². The molecule has 47 heavy (non-hydrogen) atoms. The van der Waals surface area contributed by atoms with Crippen LogP contribution in [0.2, 0.25) is 0 Å². The second-order valence-corrected chi connectivity index (χ2v) is 13.9. The number of amides is 2. The Hall–Kier alpha value is -4.26.